The zero-order valence-electron chi connectivity index (χ0n) is 12.6. The van der Waals surface area contributed by atoms with E-state index in [0.717, 1.165) is 0 Å². The lowest BCUT2D eigenvalue weighted by Gasteiger charge is -2.17. The number of rotatable bonds is 5. The standard InChI is InChI=1S/C16H20FNO4/c1-9-7-13(10(2)22-9)15(19)18-8-14(16(20)21)11-3-5-12(17)6-4-11/h3-6,9-10,13-14H,7-8H2,1-2H3,(H,18,19)(H,20,21). The molecular formula is C16H20FNO4. The Hall–Kier alpha value is -1.95. The number of carboxylic acid groups (broad SMARTS) is 1. The van der Waals surface area contributed by atoms with Crippen molar-refractivity contribution in [3.63, 3.8) is 0 Å². The van der Waals surface area contributed by atoms with Crippen LogP contribution in [0, 0.1) is 11.7 Å². The van der Waals surface area contributed by atoms with E-state index in [1.165, 1.54) is 24.3 Å². The average molecular weight is 309 g/mol. The van der Waals surface area contributed by atoms with Crippen LogP contribution >= 0.6 is 0 Å². The molecule has 1 aromatic rings. The second kappa shape index (κ2) is 6.87. The van der Waals surface area contributed by atoms with Gasteiger partial charge >= 0.3 is 5.97 Å². The summed E-state index contributed by atoms with van der Waals surface area (Å²) >= 11 is 0. The Kier molecular flexibility index (Phi) is 5.13. The first kappa shape index (κ1) is 16.4. The molecule has 4 unspecified atom stereocenters. The predicted octanol–water partition coefficient (Wildman–Crippen LogP) is 1.92. The molecule has 0 radical (unpaired) electrons. The molecule has 0 aromatic heterocycles. The highest BCUT2D eigenvalue weighted by atomic mass is 19.1. The van der Waals surface area contributed by atoms with Crippen LogP contribution < -0.4 is 5.32 Å². The van der Waals surface area contributed by atoms with Crippen molar-refractivity contribution in [2.75, 3.05) is 6.54 Å². The molecule has 1 saturated heterocycles. The van der Waals surface area contributed by atoms with Crippen LogP contribution in [0.5, 0.6) is 0 Å². The van der Waals surface area contributed by atoms with Crippen LogP contribution in [0.15, 0.2) is 24.3 Å². The highest BCUT2D eigenvalue weighted by molar-refractivity contribution is 5.81. The summed E-state index contributed by atoms with van der Waals surface area (Å²) in [5, 5.41) is 12.0. The van der Waals surface area contributed by atoms with Crippen molar-refractivity contribution in [1.29, 1.82) is 0 Å². The van der Waals surface area contributed by atoms with Crippen molar-refractivity contribution >= 4 is 11.9 Å². The summed E-state index contributed by atoms with van der Waals surface area (Å²) in [4.78, 5) is 23.5. The van der Waals surface area contributed by atoms with Crippen molar-refractivity contribution in [3.05, 3.63) is 35.6 Å². The van der Waals surface area contributed by atoms with Crippen LogP contribution in [0.2, 0.25) is 0 Å². The summed E-state index contributed by atoms with van der Waals surface area (Å²) in [6, 6.07) is 5.26. The summed E-state index contributed by atoms with van der Waals surface area (Å²) in [6.07, 6.45) is 0.476. The number of ether oxygens (including phenoxy) is 1. The normalized spacial score (nSPS) is 25.7. The monoisotopic (exact) mass is 309 g/mol. The Bertz CT molecular complexity index is 546. The van der Waals surface area contributed by atoms with Crippen molar-refractivity contribution in [2.24, 2.45) is 5.92 Å². The van der Waals surface area contributed by atoms with Crippen LogP contribution in [-0.2, 0) is 14.3 Å². The molecule has 1 heterocycles. The molecule has 1 aliphatic rings. The van der Waals surface area contributed by atoms with E-state index in [2.05, 4.69) is 5.32 Å². The zero-order valence-corrected chi connectivity index (χ0v) is 12.6. The van der Waals surface area contributed by atoms with E-state index in [4.69, 9.17) is 4.74 Å². The molecule has 4 atom stereocenters. The quantitative estimate of drug-likeness (QED) is 0.871. The van der Waals surface area contributed by atoms with Crippen molar-refractivity contribution in [1.82, 2.24) is 5.32 Å². The minimum atomic E-state index is -1.06. The van der Waals surface area contributed by atoms with Crippen LogP contribution in [0.25, 0.3) is 0 Å². The highest BCUT2D eigenvalue weighted by Gasteiger charge is 2.35. The maximum absolute atomic E-state index is 12.9. The maximum atomic E-state index is 12.9. The fraction of sp³-hybridized carbons (Fsp3) is 0.500. The lowest BCUT2D eigenvalue weighted by molar-refractivity contribution is -0.138. The van der Waals surface area contributed by atoms with E-state index in [9.17, 15) is 19.1 Å². The molecule has 0 aliphatic carbocycles. The third-order valence-corrected chi connectivity index (χ3v) is 3.99. The van der Waals surface area contributed by atoms with Gasteiger partial charge in [-0.3, -0.25) is 9.59 Å². The molecule has 22 heavy (non-hydrogen) atoms. The van der Waals surface area contributed by atoms with E-state index in [-0.39, 0.29) is 30.6 Å². The largest absolute Gasteiger partial charge is 0.481 e. The summed E-state index contributed by atoms with van der Waals surface area (Å²) < 4.78 is 18.4. The number of hydrogen-bond donors (Lipinski definition) is 2. The van der Waals surface area contributed by atoms with Crippen molar-refractivity contribution in [2.45, 2.75) is 38.4 Å². The molecule has 1 amide bonds. The molecule has 2 rings (SSSR count). The summed E-state index contributed by atoms with van der Waals surface area (Å²) in [6.45, 7) is 3.71. The third-order valence-electron chi connectivity index (χ3n) is 3.99. The Morgan fingerprint density at radius 3 is 2.50 bits per heavy atom. The van der Waals surface area contributed by atoms with Gasteiger partial charge < -0.3 is 15.2 Å². The first-order valence-electron chi connectivity index (χ1n) is 7.30. The second-order valence-corrected chi connectivity index (χ2v) is 5.68. The zero-order chi connectivity index (χ0) is 16.3. The molecule has 1 aliphatic heterocycles. The maximum Gasteiger partial charge on any atom is 0.312 e. The fourth-order valence-corrected chi connectivity index (χ4v) is 2.76. The number of nitrogens with one attached hydrogen (secondary N) is 1. The Morgan fingerprint density at radius 2 is 2.00 bits per heavy atom. The molecular weight excluding hydrogens is 289 g/mol. The van der Waals surface area contributed by atoms with Gasteiger partial charge in [0.1, 0.15) is 5.82 Å². The average Bonchev–Trinajstić information content (AvgIpc) is 2.79. The van der Waals surface area contributed by atoms with Gasteiger partial charge in [-0.25, -0.2) is 4.39 Å². The number of carbonyl (C=O) groups is 2. The number of benzene rings is 1. The first-order chi connectivity index (χ1) is 10.4. The molecule has 0 bridgehead atoms. The van der Waals surface area contributed by atoms with Crippen LogP contribution in [0.4, 0.5) is 4.39 Å². The third kappa shape index (κ3) is 3.82. The number of carbonyl (C=O) groups excluding carboxylic acids is 1. The number of hydrogen-bond acceptors (Lipinski definition) is 3. The van der Waals surface area contributed by atoms with Gasteiger partial charge in [0.05, 0.1) is 24.0 Å². The molecule has 1 aromatic carbocycles. The number of halogens is 1. The van der Waals surface area contributed by atoms with Gasteiger partial charge in [-0.2, -0.15) is 0 Å². The van der Waals surface area contributed by atoms with Gasteiger partial charge in [-0.05, 0) is 38.0 Å². The van der Waals surface area contributed by atoms with Gasteiger partial charge in [-0.15, -0.1) is 0 Å². The number of aliphatic carboxylic acids is 1. The molecule has 0 spiro atoms. The number of carboxylic acids is 1. The SMILES string of the molecule is CC1CC(C(=O)NCC(C(=O)O)c2ccc(F)cc2)C(C)O1. The molecule has 1 fully saturated rings. The highest BCUT2D eigenvalue weighted by Crippen LogP contribution is 2.26. The van der Waals surface area contributed by atoms with E-state index in [1.54, 1.807) is 0 Å². The smallest absolute Gasteiger partial charge is 0.312 e. The summed E-state index contributed by atoms with van der Waals surface area (Å²) in [5.74, 6) is -2.86. The Morgan fingerprint density at radius 1 is 1.36 bits per heavy atom. The minimum absolute atomic E-state index is 0.0260. The van der Waals surface area contributed by atoms with Gasteiger partial charge in [0, 0.05) is 6.54 Å². The molecule has 0 saturated carbocycles. The molecule has 2 N–H and O–H groups in total. The second-order valence-electron chi connectivity index (χ2n) is 5.68. The molecule has 120 valence electrons. The van der Waals surface area contributed by atoms with E-state index in [1.807, 2.05) is 13.8 Å². The fourth-order valence-electron chi connectivity index (χ4n) is 2.76. The van der Waals surface area contributed by atoms with Crippen molar-refractivity contribution in [3.8, 4) is 0 Å². The van der Waals surface area contributed by atoms with Crippen LogP contribution in [0.3, 0.4) is 0 Å². The van der Waals surface area contributed by atoms with E-state index < -0.39 is 17.7 Å². The number of amides is 1. The van der Waals surface area contributed by atoms with Gasteiger partial charge in [-0.1, -0.05) is 12.1 Å². The minimum Gasteiger partial charge on any atom is -0.481 e. The van der Waals surface area contributed by atoms with Crippen molar-refractivity contribution < 1.29 is 23.8 Å². The topological polar surface area (TPSA) is 75.6 Å². The Labute approximate surface area is 128 Å². The van der Waals surface area contributed by atoms with E-state index in [0.29, 0.717) is 12.0 Å². The molecule has 6 heteroatoms. The van der Waals surface area contributed by atoms with Crippen LogP contribution in [0.1, 0.15) is 31.7 Å². The first-order valence-corrected chi connectivity index (χ1v) is 7.30. The van der Waals surface area contributed by atoms with Gasteiger partial charge in [0.25, 0.3) is 0 Å². The lowest BCUT2D eigenvalue weighted by Crippen LogP contribution is -2.38. The van der Waals surface area contributed by atoms with Crippen LogP contribution in [-0.4, -0.2) is 35.7 Å². The summed E-state index contributed by atoms with van der Waals surface area (Å²) in [7, 11) is 0. The predicted molar refractivity (Wildman–Crippen MR) is 77.9 cm³/mol. The summed E-state index contributed by atoms with van der Waals surface area (Å²) in [5.41, 5.74) is 0.457. The van der Waals surface area contributed by atoms with E-state index >= 15 is 0 Å². The Balaban J connectivity index is 1.99. The molecule has 5 nitrogen and oxygen atoms in total. The van der Waals surface area contributed by atoms with Gasteiger partial charge in [0.15, 0.2) is 0 Å². The van der Waals surface area contributed by atoms with Gasteiger partial charge in [0.2, 0.25) is 5.91 Å². The lowest BCUT2D eigenvalue weighted by atomic mass is 9.97.